The summed E-state index contributed by atoms with van der Waals surface area (Å²) in [6.45, 7) is 10.7. The highest BCUT2D eigenvalue weighted by Gasteiger charge is 2.21. The smallest absolute Gasteiger partial charge is 0.251 e. The quantitative estimate of drug-likeness (QED) is 0.803. The van der Waals surface area contributed by atoms with Crippen LogP contribution in [0, 0.1) is 5.41 Å². The van der Waals surface area contributed by atoms with E-state index in [0.717, 1.165) is 6.42 Å². The Bertz CT molecular complexity index is 346. The van der Waals surface area contributed by atoms with E-state index >= 15 is 0 Å². The van der Waals surface area contributed by atoms with Gasteiger partial charge in [0.05, 0.1) is 0 Å². The number of rotatable bonds is 4. The fourth-order valence-corrected chi connectivity index (χ4v) is 1.44. The summed E-state index contributed by atoms with van der Waals surface area (Å²) in [5, 5.41) is 2.81. The molecular weight excluding hydrogens is 216 g/mol. The molecule has 94 valence electrons. The minimum absolute atomic E-state index is 0.0504. The molecule has 1 rings (SSSR count). The van der Waals surface area contributed by atoms with Crippen LogP contribution in [0.5, 0.6) is 0 Å². The van der Waals surface area contributed by atoms with Gasteiger partial charge < -0.3 is 10.2 Å². The maximum absolute atomic E-state index is 11.6. The van der Waals surface area contributed by atoms with Gasteiger partial charge in [0, 0.05) is 18.3 Å². The molecule has 1 aliphatic rings. The Morgan fingerprint density at radius 3 is 2.53 bits per heavy atom. The largest absolute Gasteiger partial charge is 0.355 e. The molecule has 4 nitrogen and oxygen atoms in total. The molecule has 0 aliphatic carbocycles. The second-order valence-corrected chi connectivity index (χ2v) is 5.41. The Morgan fingerprint density at radius 1 is 1.41 bits per heavy atom. The number of carbonyl (C=O) groups is 2. The van der Waals surface area contributed by atoms with Crippen LogP contribution in [0.2, 0.25) is 0 Å². The summed E-state index contributed by atoms with van der Waals surface area (Å²) in [5.41, 5.74) is 0.767. The second-order valence-electron chi connectivity index (χ2n) is 5.41. The Balaban J connectivity index is 2.31. The Morgan fingerprint density at radius 2 is 2.06 bits per heavy atom. The molecule has 1 aliphatic heterocycles. The lowest BCUT2D eigenvalue weighted by molar-refractivity contribution is -0.130. The van der Waals surface area contributed by atoms with Gasteiger partial charge in [0.25, 0.3) is 5.91 Å². The van der Waals surface area contributed by atoms with Crippen molar-refractivity contribution in [1.82, 2.24) is 10.2 Å². The molecule has 0 aromatic carbocycles. The van der Waals surface area contributed by atoms with Gasteiger partial charge in [0.15, 0.2) is 0 Å². The SMILES string of the molecule is C=C1C=CC(=O)N1CC(=O)NCCC(C)(C)C. The first-order valence-electron chi connectivity index (χ1n) is 5.75. The Hall–Kier alpha value is -1.58. The monoisotopic (exact) mass is 236 g/mol. The van der Waals surface area contributed by atoms with Crippen LogP contribution < -0.4 is 5.32 Å². The molecule has 17 heavy (non-hydrogen) atoms. The van der Waals surface area contributed by atoms with E-state index in [1.54, 1.807) is 6.08 Å². The van der Waals surface area contributed by atoms with Gasteiger partial charge >= 0.3 is 0 Å². The van der Waals surface area contributed by atoms with Crippen LogP contribution >= 0.6 is 0 Å². The number of hydrogen-bond acceptors (Lipinski definition) is 2. The van der Waals surface area contributed by atoms with E-state index in [-0.39, 0.29) is 23.8 Å². The fourth-order valence-electron chi connectivity index (χ4n) is 1.44. The zero-order chi connectivity index (χ0) is 13.1. The highest BCUT2D eigenvalue weighted by molar-refractivity contribution is 5.96. The second kappa shape index (κ2) is 5.17. The summed E-state index contributed by atoms with van der Waals surface area (Å²) in [6.07, 6.45) is 3.95. The van der Waals surface area contributed by atoms with E-state index in [2.05, 4.69) is 32.7 Å². The van der Waals surface area contributed by atoms with Crippen LogP contribution in [-0.2, 0) is 9.59 Å². The standard InChI is InChI=1S/C13H20N2O2/c1-10-5-6-12(17)15(10)9-11(16)14-8-7-13(2,3)4/h5-6H,1,7-9H2,2-4H3,(H,14,16). The summed E-state index contributed by atoms with van der Waals surface area (Å²) in [4.78, 5) is 24.3. The summed E-state index contributed by atoms with van der Waals surface area (Å²) >= 11 is 0. The topological polar surface area (TPSA) is 49.4 Å². The van der Waals surface area contributed by atoms with Crippen molar-refractivity contribution in [3.8, 4) is 0 Å². The van der Waals surface area contributed by atoms with Gasteiger partial charge in [-0.3, -0.25) is 9.59 Å². The lowest BCUT2D eigenvalue weighted by Gasteiger charge is -2.20. The van der Waals surface area contributed by atoms with Gasteiger partial charge in [-0.1, -0.05) is 27.4 Å². The van der Waals surface area contributed by atoms with Crippen molar-refractivity contribution in [2.24, 2.45) is 5.41 Å². The minimum atomic E-state index is -0.180. The van der Waals surface area contributed by atoms with E-state index in [9.17, 15) is 9.59 Å². The average Bonchev–Trinajstić information content (AvgIpc) is 2.47. The van der Waals surface area contributed by atoms with E-state index < -0.39 is 0 Å². The van der Waals surface area contributed by atoms with Gasteiger partial charge in [0.1, 0.15) is 6.54 Å². The molecule has 0 spiro atoms. The van der Waals surface area contributed by atoms with Crippen LogP contribution in [0.4, 0.5) is 0 Å². The van der Waals surface area contributed by atoms with Gasteiger partial charge in [-0.25, -0.2) is 0 Å². The average molecular weight is 236 g/mol. The van der Waals surface area contributed by atoms with E-state index in [0.29, 0.717) is 12.2 Å². The number of nitrogens with one attached hydrogen (secondary N) is 1. The third kappa shape index (κ3) is 4.43. The zero-order valence-electron chi connectivity index (χ0n) is 10.7. The first-order chi connectivity index (χ1) is 7.79. The summed E-state index contributed by atoms with van der Waals surface area (Å²) in [5.74, 6) is -0.326. The lowest BCUT2D eigenvalue weighted by atomic mass is 9.92. The third-order valence-corrected chi connectivity index (χ3v) is 2.53. The van der Waals surface area contributed by atoms with E-state index in [1.165, 1.54) is 11.0 Å². The molecule has 0 saturated heterocycles. The van der Waals surface area contributed by atoms with Gasteiger partial charge in [0.2, 0.25) is 5.91 Å². The van der Waals surface area contributed by atoms with Crippen LogP contribution in [0.15, 0.2) is 24.4 Å². The van der Waals surface area contributed by atoms with E-state index in [4.69, 9.17) is 0 Å². The first kappa shape index (κ1) is 13.5. The molecule has 0 aromatic rings. The molecule has 1 N–H and O–H groups in total. The fraction of sp³-hybridized carbons (Fsp3) is 0.538. The van der Waals surface area contributed by atoms with Crippen molar-refractivity contribution >= 4 is 11.8 Å². The van der Waals surface area contributed by atoms with Gasteiger partial charge in [-0.2, -0.15) is 0 Å². The van der Waals surface area contributed by atoms with Crippen LogP contribution in [0.1, 0.15) is 27.2 Å². The molecule has 0 bridgehead atoms. The number of hydrogen-bond donors (Lipinski definition) is 1. The van der Waals surface area contributed by atoms with Crippen LogP contribution in [-0.4, -0.2) is 29.8 Å². The van der Waals surface area contributed by atoms with Crippen LogP contribution in [0.3, 0.4) is 0 Å². The highest BCUT2D eigenvalue weighted by Crippen LogP contribution is 2.17. The molecule has 0 saturated carbocycles. The van der Waals surface area contributed by atoms with Crippen molar-refractivity contribution in [3.63, 3.8) is 0 Å². The van der Waals surface area contributed by atoms with Crippen molar-refractivity contribution < 1.29 is 9.59 Å². The first-order valence-corrected chi connectivity index (χ1v) is 5.75. The molecule has 0 atom stereocenters. The lowest BCUT2D eigenvalue weighted by Crippen LogP contribution is -2.38. The van der Waals surface area contributed by atoms with Crippen molar-refractivity contribution in [2.45, 2.75) is 27.2 Å². The number of nitrogens with zero attached hydrogens (tertiary/aromatic N) is 1. The molecule has 0 aromatic heterocycles. The summed E-state index contributed by atoms with van der Waals surface area (Å²) in [7, 11) is 0. The van der Waals surface area contributed by atoms with Gasteiger partial charge in [-0.15, -0.1) is 0 Å². The van der Waals surface area contributed by atoms with Gasteiger partial charge in [-0.05, 0) is 17.9 Å². The van der Waals surface area contributed by atoms with Crippen LogP contribution in [0.25, 0.3) is 0 Å². The molecule has 0 fully saturated rings. The normalized spacial score (nSPS) is 15.6. The zero-order valence-corrected chi connectivity index (χ0v) is 10.7. The predicted molar refractivity (Wildman–Crippen MR) is 67.1 cm³/mol. The maximum Gasteiger partial charge on any atom is 0.251 e. The predicted octanol–water partition coefficient (Wildman–Crippen LogP) is 1.45. The number of amides is 2. The molecule has 0 radical (unpaired) electrons. The van der Waals surface area contributed by atoms with Crippen molar-refractivity contribution in [3.05, 3.63) is 24.4 Å². The Kier molecular flexibility index (Phi) is 4.10. The van der Waals surface area contributed by atoms with Crippen molar-refractivity contribution in [2.75, 3.05) is 13.1 Å². The summed E-state index contributed by atoms with van der Waals surface area (Å²) in [6, 6.07) is 0. The molecular formula is C13H20N2O2. The van der Waals surface area contributed by atoms with E-state index in [1.807, 2.05) is 0 Å². The highest BCUT2D eigenvalue weighted by atomic mass is 16.2. The molecule has 2 amide bonds. The maximum atomic E-state index is 11.6. The minimum Gasteiger partial charge on any atom is -0.355 e. The van der Waals surface area contributed by atoms with Crippen molar-refractivity contribution in [1.29, 1.82) is 0 Å². The molecule has 4 heteroatoms. The molecule has 1 heterocycles. The number of carbonyl (C=O) groups excluding carboxylic acids is 2. The number of allylic oxidation sites excluding steroid dienone is 1. The Labute approximate surface area is 102 Å². The summed E-state index contributed by atoms with van der Waals surface area (Å²) < 4.78 is 0. The third-order valence-electron chi connectivity index (χ3n) is 2.53. The molecule has 0 unspecified atom stereocenters.